The van der Waals surface area contributed by atoms with Crippen LogP contribution in [0.1, 0.15) is 50.1 Å². The Labute approximate surface area is 531 Å². The Hall–Kier alpha value is -12.3. The minimum Gasteiger partial charge on any atom is -0.309 e. The Morgan fingerprint density at radius 2 is 0.565 bits per heavy atom. The van der Waals surface area contributed by atoms with Crippen LogP contribution in [0.2, 0.25) is 0 Å². The van der Waals surface area contributed by atoms with Gasteiger partial charge in [-0.15, -0.1) is 0 Å². The van der Waals surface area contributed by atoms with E-state index in [2.05, 4.69) is 341 Å². The summed E-state index contributed by atoms with van der Waals surface area (Å²) in [6.45, 7) is 0. The maximum atomic E-state index is 12.2. The molecule has 0 amide bonds. The molecule has 0 atom stereocenters. The molecule has 0 saturated heterocycles. The largest absolute Gasteiger partial charge is 0.309 e. The molecule has 4 aliphatic rings. The summed E-state index contributed by atoms with van der Waals surface area (Å²) in [7, 11) is 0. The molecule has 0 bridgehead atoms. The molecule has 2 aliphatic heterocycles. The van der Waals surface area contributed by atoms with Crippen LogP contribution in [0.3, 0.4) is 0 Å². The van der Waals surface area contributed by atoms with E-state index in [9.17, 15) is 5.26 Å². The minimum atomic E-state index is -0.633. The summed E-state index contributed by atoms with van der Waals surface area (Å²) in [4.78, 5) is 10.5. The molecule has 0 unspecified atom stereocenters. The Bertz CT molecular complexity index is 5620. The molecular weight excluding hydrogens is 1120 g/mol. The zero-order chi connectivity index (χ0) is 60.4. The standard InChI is InChI=1S/C86H52N6/c87-52-54-49-63(82(89-73-41-17-5-29-59(73)60-30-6-18-42-74(60)89)50-81(54)91-77-45-21-13-37-69(77)85(70-38-14-22-46-78(70)91)65-33-9-1-25-55(65)56-26-2-10-34-66(56)85)64-53-88-84(51-83(64)90-75-43-19-7-31-61(75)62-32-8-20-44-76(62)90)92-79-47-23-15-39-71(79)86(72-40-16-24-48-80(72)92)67-35-11-3-27-57(67)58-28-4-12-36-68(58)86/h1-51,53H. The molecule has 20 rings (SSSR count). The first-order valence-corrected chi connectivity index (χ1v) is 31.6. The van der Waals surface area contributed by atoms with Gasteiger partial charge in [-0.25, -0.2) is 4.98 Å². The van der Waals surface area contributed by atoms with E-state index >= 15 is 0 Å². The Morgan fingerprint density at radius 3 is 0.935 bits per heavy atom. The lowest BCUT2D eigenvalue weighted by Gasteiger charge is -2.45. The minimum absolute atomic E-state index is 0.524. The SMILES string of the molecule is N#Cc1cc(-c2cnc(N3c4ccccc4C4(c5ccccc5-c5ccccc54)c4ccccc43)cc2-n2c3ccccc3c3ccccc32)c(-n2c3ccccc3c3ccccc32)cc1N1c2ccccc2C2(c3ccccc3-c3ccccc32)c2ccccc21. The van der Waals surface area contributed by atoms with E-state index in [0.717, 1.165) is 111 Å². The second-order valence-corrected chi connectivity index (χ2v) is 24.7. The molecule has 0 saturated carbocycles. The van der Waals surface area contributed by atoms with Crippen molar-refractivity contribution in [3.8, 4) is 50.8 Å². The first kappa shape index (κ1) is 50.7. The van der Waals surface area contributed by atoms with Gasteiger partial charge < -0.3 is 14.0 Å². The normalized spacial score (nSPS) is 14.0. The first-order valence-electron chi connectivity index (χ1n) is 31.6. The number of aromatic nitrogens is 3. The molecule has 16 aromatic rings. The summed E-state index contributed by atoms with van der Waals surface area (Å²) in [6.07, 6.45) is 2.09. The van der Waals surface area contributed by atoms with E-state index in [1.54, 1.807) is 0 Å². The second kappa shape index (κ2) is 18.9. The number of fused-ring (bicyclic) bond motifs is 24. The van der Waals surface area contributed by atoms with Crippen molar-refractivity contribution in [3.63, 3.8) is 0 Å². The average Bonchev–Trinajstić information content (AvgIpc) is 1.41. The third kappa shape index (κ3) is 6.43. The first-order chi connectivity index (χ1) is 45.7. The lowest BCUT2D eigenvalue weighted by Crippen LogP contribution is -2.36. The van der Waals surface area contributed by atoms with Crippen LogP contribution in [0.5, 0.6) is 0 Å². The van der Waals surface area contributed by atoms with Crippen molar-refractivity contribution < 1.29 is 0 Å². The van der Waals surface area contributed by atoms with Gasteiger partial charge in [0.1, 0.15) is 11.9 Å². The molecule has 3 aromatic heterocycles. The van der Waals surface area contributed by atoms with Crippen molar-refractivity contribution in [1.29, 1.82) is 5.26 Å². The monoisotopic (exact) mass is 1170 g/mol. The number of hydrogen-bond acceptors (Lipinski definition) is 4. The molecule has 13 aromatic carbocycles. The molecule has 0 fully saturated rings. The van der Waals surface area contributed by atoms with Crippen molar-refractivity contribution in [2.75, 3.05) is 9.80 Å². The third-order valence-electron chi connectivity index (χ3n) is 20.6. The van der Waals surface area contributed by atoms with Crippen molar-refractivity contribution in [2.45, 2.75) is 10.8 Å². The summed E-state index contributed by atoms with van der Waals surface area (Å²) in [6, 6.07) is 116. The molecule has 6 nitrogen and oxygen atoms in total. The number of anilines is 6. The van der Waals surface area contributed by atoms with Crippen LogP contribution < -0.4 is 9.80 Å². The number of nitriles is 1. The van der Waals surface area contributed by atoms with Crippen molar-refractivity contribution in [1.82, 2.24) is 14.1 Å². The molecule has 5 heterocycles. The van der Waals surface area contributed by atoms with Gasteiger partial charge >= 0.3 is 0 Å². The fraction of sp³-hybridized carbons (Fsp3) is 0.0233. The summed E-state index contributed by atoms with van der Waals surface area (Å²) in [5, 5.41) is 16.7. The molecule has 2 aliphatic carbocycles. The smallest absolute Gasteiger partial charge is 0.139 e. The topological polar surface area (TPSA) is 53.0 Å². The van der Waals surface area contributed by atoms with Gasteiger partial charge in [0.15, 0.2) is 0 Å². The van der Waals surface area contributed by atoms with Crippen molar-refractivity contribution in [2.24, 2.45) is 0 Å². The fourth-order valence-corrected chi connectivity index (χ4v) is 17.2. The zero-order valence-electron chi connectivity index (χ0n) is 49.7. The van der Waals surface area contributed by atoms with Gasteiger partial charge in [-0.3, -0.25) is 4.90 Å². The highest BCUT2D eigenvalue weighted by Gasteiger charge is 2.53. The van der Waals surface area contributed by atoms with Crippen LogP contribution >= 0.6 is 0 Å². The van der Waals surface area contributed by atoms with Crippen LogP contribution in [0.4, 0.5) is 34.3 Å². The van der Waals surface area contributed by atoms with E-state index in [4.69, 9.17) is 4.98 Å². The van der Waals surface area contributed by atoms with E-state index in [-0.39, 0.29) is 0 Å². The number of benzene rings is 13. The Kier molecular flexibility index (Phi) is 10.4. The fourth-order valence-electron chi connectivity index (χ4n) is 17.2. The van der Waals surface area contributed by atoms with E-state index in [1.165, 1.54) is 55.6 Å². The highest BCUT2D eigenvalue weighted by Crippen LogP contribution is 2.66. The van der Waals surface area contributed by atoms with Gasteiger partial charge in [0, 0.05) is 44.9 Å². The van der Waals surface area contributed by atoms with Gasteiger partial charge in [0.05, 0.1) is 78.3 Å². The van der Waals surface area contributed by atoms with E-state index in [1.807, 2.05) is 0 Å². The van der Waals surface area contributed by atoms with Gasteiger partial charge in [-0.1, -0.05) is 243 Å². The van der Waals surface area contributed by atoms with Crippen LogP contribution in [-0.4, -0.2) is 14.1 Å². The van der Waals surface area contributed by atoms with Crippen molar-refractivity contribution in [3.05, 3.63) is 366 Å². The summed E-state index contributed by atoms with van der Waals surface area (Å²) in [5.41, 5.74) is 26.7. The van der Waals surface area contributed by atoms with Crippen LogP contribution in [0.15, 0.2) is 316 Å². The summed E-state index contributed by atoms with van der Waals surface area (Å²) in [5.74, 6) is 0.765. The molecule has 2 spiro atoms. The summed E-state index contributed by atoms with van der Waals surface area (Å²) < 4.78 is 4.86. The molecule has 426 valence electrons. The van der Waals surface area contributed by atoms with Crippen molar-refractivity contribution >= 4 is 77.9 Å². The number of nitrogens with zero attached hydrogens (tertiary/aromatic N) is 6. The molecular formula is C86H52N6. The van der Waals surface area contributed by atoms with Gasteiger partial charge in [-0.2, -0.15) is 5.26 Å². The van der Waals surface area contributed by atoms with Gasteiger partial charge in [0.25, 0.3) is 0 Å². The quantitative estimate of drug-likeness (QED) is 0.172. The second-order valence-electron chi connectivity index (χ2n) is 24.7. The zero-order valence-corrected chi connectivity index (χ0v) is 49.7. The molecule has 0 N–H and O–H groups in total. The highest BCUT2D eigenvalue weighted by molar-refractivity contribution is 6.12. The van der Waals surface area contributed by atoms with E-state index < -0.39 is 10.8 Å². The Morgan fingerprint density at radius 1 is 0.261 bits per heavy atom. The highest BCUT2D eigenvalue weighted by atomic mass is 15.2. The summed E-state index contributed by atoms with van der Waals surface area (Å²) >= 11 is 0. The number of pyridine rings is 1. The predicted octanol–water partition coefficient (Wildman–Crippen LogP) is 21.1. The molecule has 6 heteroatoms. The van der Waals surface area contributed by atoms with Gasteiger partial charge in [-0.05, 0) is 127 Å². The maximum Gasteiger partial charge on any atom is 0.139 e. The predicted molar refractivity (Wildman–Crippen MR) is 374 cm³/mol. The number of hydrogen-bond donors (Lipinski definition) is 0. The lowest BCUT2D eigenvalue weighted by atomic mass is 9.64. The van der Waals surface area contributed by atoms with Gasteiger partial charge in [0.2, 0.25) is 0 Å². The lowest BCUT2D eigenvalue weighted by molar-refractivity contribution is 0.751. The third-order valence-corrected chi connectivity index (χ3v) is 20.6. The Balaban J connectivity index is 0.886. The van der Waals surface area contributed by atoms with Crippen LogP contribution in [-0.2, 0) is 10.8 Å². The van der Waals surface area contributed by atoms with Crippen LogP contribution in [0.25, 0.3) is 88.4 Å². The molecule has 92 heavy (non-hydrogen) atoms. The maximum absolute atomic E-state index is 12.2. The molecule has 0 radical (unpaired) electrons. The number of rotatable bonds is 5. The average molecular weight is 1170 g/mol. The van der Waals surface area contributed by atoms with E-state index in [0.29, 0.717) is 5.56 Å². The number of para-hydroxylation sites is 8. The van der Waals surface area contributed by atoms with Crippen LogP contribution in [0, 0.1) is 11.3 Å².